The monoisotopic (exact) mass is 473 g/mol. The molecule has 1 amide bonds. The fraction of sp³-hybridized carbons (Fsp3) is 0.276. The molecule has 2 atom stereocenters. The molecule has 35 heavy (non-hydrogen) atoms. The van der Waals surface area contributed by atoms with Crippen LogP contribution in [0.25, 0.3) is 16.7 Å². The van der Waals surface area contributed by atoms with E-state index in [1.807, 2.05) is 30.3 Å². The predicted octanol–water partition coefficient (Wildman–Crippen LogP) is 6.54. The molecule has 3 aliphatic rings. The molecule has 1 fully saturated rings. The predicted molar refractivity (Wildman–Crippen MR) is 129 cm³/mol. The highest BCUT2D eigenvalue weighted by molar-refractivity contribution is 5.79. The van der Waals surface area contributed by atoms with Crippen molar-refractivity contribution in [1.29, 1.82) is 0 Å². The van der Waals surface area contributed by atoms with Crippen molar-refractivity contribution in [2.45, 2.75) is 37.3 Å². The Morgan fingerprint density at radius 1 is 0.971 bits per heavy atom. The second kappa shape index (κ2) is 8.52. The Labute approximate surface area is 202 Å². The lowest BCUT2D eigenvalue weighted by Gasteiger charge is -2.33. The van der Waals surface area contributed by atoms with Crippen molar-refractivity contribution < 1.29 is 23.0 Å². The number of rotatable bonds is 4. The lowest BCUT2D eigenvalue weighted by molar-refractivity contribution is 0.0866. The molecule has 0 saturated carbocycles. The number of ether oxygens (including phenoxy) is 2. The van der Waals surface area contributed by atoms with E-state index in [0.29, 0.717) is 12.0 Å². The summed E-state index contributed by atoms with van der Waals surface area (Å²) in [6, 6.07) is 18.5. The number of carbonyl (C=O) groups is 1. The van der Waals surface area contributed by atoms with Crippen LogP contribution in [0.3, 0.4) is 0 Å². The van der Waals surface area contributed by atoms with Gasteiger partial charge in [0.05, 0.1) is 18.7 Å². The lowest BCUT2D eigenvalue weighted by atomic mass is 9.94. The molecule has 1 aliphatic carbocycles. The van der Waals surface area contributed by atoms with Crippen LogP contribution in [0.4, 0.5) is 13.6 Å². The topological polar surface area (TPSA) is 38.8 Å². The largest absolute Gasteiger partial charge is 0.494 e. The minimum absolute atomic E-state index is 0.00797. The fourth-order valence-corrected chi connectivity index (χ4v) is 5.95. The van der Waals surface area contributed by atoms with E-state index >= 15 is 0 Å². The van der Waals surface area contributed by atoms with E-state index in [0.717, 1.165) is 24.0 Å². The van der Waals surface area contributed by atoms with Crippen molar-refractivity contribution in [3.8, 4) is 16.9 Å². The van der Waals surface area contributed by atoms with E-state index in [9.17, 15) is 13.6 Å². The first-order chi connectivity index (χ1) is 17.1. The summed E-state index contributed by atoms with van der Waals surface area (Å²) >= 11 is 0. The molecule has 0 aromatic heterocycles. The van der Waals surface area contributed by atoms with Crippen LogP contribution >= 0.6 is 0 Å². The summed E-state index contributed by atoms with van der Waals surface area (Å²) in [6.45, 7) is 0.249. The Morgan fingerprint density at radius 3 is 2.31 bits per heavy atom. The van der Waals surface area contributed by atoms with Gasteiger partial charge in [-0.25, -0.2) is 13.6 Å². The second-order valence-corrected chi connectivity index (χ2v) is 9.34. The van der Waals surface area contributed by atoms with E-state index in [1.165, 1.54) is 30.4 Å². The Hall–Kier alpha value is -3.67. The molecule has 2 heterocycles. The third kappa shape index (κ3) is 3.51. The van der Waals surface area contributed by atoms with Gasteiger partial charge in [-0.15, -0.1) is 0 Å². The number of fused-ring (bicyclic) bond motifs is 5. The zero-order chi connectivity index (χ0) is 24.1. The van der Waals surface area contributed by atoms with Crippen molar-refractivity contribution in [1.82, 2.24) is 4.90 Å². The van der Waals surface area contributed by atoms with Gasteiger partial charge in [0.2, 0.25) is 0 Å². The van der Waals surface area contributed by atoms with Crippen LogP contribution in [0, 0.1) is 11.6 Å². The van der Waals surface area contributed by atoms with Crippen LogP contribution in [0.15, 0.2) is 66.7 Å². The van der Waals surface area contributed by atoms with E-state index in [4.69, 9.17) is 9.47 Å². The van der Waals surface area contributed by atoms with Gasteiger partial charge < -0.3 is 9.47 Å². The first-order valence-corrected chi connectivity index (χ1v) is 11.9. The molecule has 3 aromatic carbocycles. The van der Waals surface area contributed by atoms with Gasteiger partial charge in [-0.3, -0.25) is 4.90 Å². The highest BCUT2D eigenvalue weighted by Gasteiger charge is 2.42. The van der Waals surface area contributed by atoms with Gasteiger partial charge in [-0.05, 0) is 59.2 Å². The van der Waals surface area contributed by atoms with Crippen molar-refractivity contribution in [3.05, 3.63) is 95.1 Å². The summed E-state index contributed by atoms with van der Waals surface area (Å²) in [5.41, 5.74) is 5.19. The third-order valence-electron chi connectivity index (χ3n) is 7.54. The Morgan fingerprint density at radius 2 is 1.66 bits per heavy atom. The number of hydrogen-bond donors (Lipinski definition) is 0. The highest BCUT2D eigenvalue weighted by Crippen LogP contribution is 2.45. The maximum absolute atomic E-state index is 14.9. The number of amides is 1. The maximum Gasteiger partial charge on any atom is 0.410 e. The average Bonchev–Trinajstić information content (AvgIpc) is 3.34. The number of halogens is 2. The number of hydrogen-bond acceptors (Lipinski definition) is 3. The smallest absolute Gasteiger partial charge is 0.410 e. The van der Waals surface area contributed by atoms with E-state index in [1.54, 1.807) is 4.90 Å². The van der Waals surface area contributed by atoms with E-state index in [-0.39, 0.29) is 42.0 Å². The molecule has 178 valence electrons. The van der Waals surface area contributed by atoms with Crippen molar-refractivity contribution in [2.24, 2.45) is 0 Å². The molecule has 2 unspecified atom stereocenters. The molecule has 0 radical (unpaired) electrons. The number of carbonyl (C=O) groups excluding carboxylic acids is 1. The van der Waals surface area contributed by atoms with Gasteiger partial charge in [0, 0.05) is 12.0 Å². The van der Waals surface area contributed by atoms with E-state index < -0.39 is 11.6 Å². The first kappa shape index (κ1) is 21.8. The van der Waals surface area contributed by atoms with Crippen LogP contribution in [0.2, 0.25) is 0 Å². The number of methoxy groups -OCH3 is 1. The van der Waals surface area contributed by atoms with Crippen LogP contribution in [-0.2, 0) is 4.74 Å². The Bertz CT molecular complexity index is 1310. The van der Waals surface area contributed by atoms with Crippen LogP contribution in [0.1, 0.15) is 41.9 Å². The zero-order valence-electron chi connectivity index (χ0n) is 19.3. The maximum atomic E-state index is 14.9. The minimum atomic E-state index is -0.701. The molecule has 4 nitrogen and oxygen atoms in total. The van der Waals surface area contributed by atoms with Gasteiger partial charge in [-0.1, -0.05) is 54.6 Å². The van der Waals surface area contributed by atoms with Gasteiger partial charge in [-0.2, -0.15) is 0 Å². The molecular formula is C29H25F2NO3. The quantitative estimate of drug-likeness (QED) is 0.432. The molecule has 6 heteroatoms. The molecule has 1 saturated heterocycles. The van der Waals surface area contributed by atoms with Crippen molar-refractivity contribution in [2.75, 3.05) is 13.7 Å². The summed E-state index contributed by atoms with van der Waals surface area (Å²) in [6.07, 6.45) is 3.32. The standard InChI is InChI=1S/C29H25F2NO3/c1-34-26-13-12-25(30)27(28(26)31)17-14-18-10-11-19(15-17)32(18)29(33)35-16-24-22-8-4-2-6-20(22)21-7-3-5-9-23(21)24/h2-9,12-14,18-19,24H,10-11,15-16H2,1H3. The fourth-order valence-electron chi connectivity index (χ4n) is 5.95. The molecule has 6 rings (SSSR count). The lowest BCUT2D eigenvalue weighted by Crippen LogP contribution is -2.43. The van der Waals surface area contributed by atoms with Gasteiger partial charge in [0.15, 0.2) is 11.6 Å². The molecule has 0 N–H and O–H groups in total. The van der Waals surface area contributed by atoms with Crippen LogP contribution < -0.4 is 4.74 Å². The Kier molecular flexibility index (Phi) is 5.32. The average molecular weight is 474 g/mol. The number of nitrogens with zero attached hydrogens (tertiary/aromatic N) is 1. The molecule has 3 aromatic rings. The summed E-state index contributed by atoms with van der Waals surface area (Å²) in [5, 5.41) is 0. The molecule has 2 aliphatic heterocycles. The van der Waals surface area contributed by atoms with Crippen molar-refractivity contribution in [3.63, 3.8) is 0 Å². The van der Waals surface area contributed by atoms with Gasteiger partial charge in [0.1, 0.15) is 12.4 Å². The van der Waals surface area contributed by atoms with Crippen LogP contribution in [-0.4, -0.2) is 36.8 Å². The normalized spacial score (nSPS) is 20.3. The molecule has 2 bridgehead atoms. The van der Waals surface area contributed by atoms with Gasteiger partial charge >= 0.3 is 6.09 Å². The van der Waals surface area contributed by atoms with Gasteiger partial charge in [0.25, 0.3) is 0 Å². The SMILES string of the molecule is COc1ccc(F)c(C2=CC3CCC(C2)N3C(=O)OCC2c3ccccc3-c3ccccc32)c1F. The van der Waals surface area contributed by atoms with E-state index in [2.05, 4.69) is 24.3 Å². The summed E-state index contributed by atoms with van der Waals surface area (Å²) in [7, 11) is 1.36. The third-order valence-corrected chi connectivity index (χ3v) is 7.54. The first-order valence-electron chi connectivity index (χ1n) is 11.9. The summed E-state index contributed by atoms with van der Waals surface area (Å²) in [4.78, 5) is 15.0. The Balaban J connectivity index is 1.22. The molecule has 0 spiro atoms. The highest BCUT2D eigenvalue weighted by atomic mass is 19.1. The summed E-state index contributed by atoms with van der Waals surface area (Å²) < 4.78 is 40.4. The summed E-state index contributed by atoms with van der Waals surface area (Å²) in [5.74, 6) is -1.33. The van der Waals surface area contributed by atoms with Crippen molar-refractivity contribution >= 4 is 11.7 Å². The zero-order valence-corrected chi connectivity index (χ0v) is 19.3. The molecular weight excluding hydrogens is 448 g/mol. The van der Waals surface area contributed by atoms with Crippen LogP contribution in [0.5, 0.6) is 5.75 Å². The second-order valence-electron chi connectivity index (χ2n) is 9.34. The minimum Gasteiger partial charge on any atom is -0.494 e. The number of benzene rings is 3.